The highest BCUT2D eigenvalue weighted by atomic mass is 35.5. The van der Waals surface area contributed by atoms with E-state index in [4.69, 9.17) is 17.3 Å². The average molecular weight is 280 g/mol. The third kappa shape index (κ3) is 1.92. The van der Waals surface area contributed by atoms with E-state index >= 15 is 0 Å². The van der Waals surface area contributed by atoms with Gasteiger partial charge in [-0.1, -0.05) is 11.6 Å². The molecule has 0 saturated heterocycles. The molecule has 1 heterocycles. The predicted octanol–water partition coefficient (Wildman–Crippen LogP) is 3.54. The summed E-state index contributed by atoms with van der Waals surface area (Å²) in [6.07, 6.45) is 0. The van der Waals surface area contributed by atoms with Crippen LogP contribution >= 0.6 is 11.6 Å². The molecule has 2 N–H and O–H groups in total. The first-order valence-electron chi connectivity index (χ1n) is 5.45. The van der Waals surface area contributed by atoms with E-state index < -0.39 is 11.6 Å². The van der Waals surface area contributed by atoms with Crippen LogP contribution in [0.2, 0.25) is 5.02 Å². The maximum Gasteiger partial charge on any atom is 0.205 e. The van der Waals surface area contributed by atoms with Crippen molar-refractivity contribution in [1.82, 2.24) is 9.55 Å². The molecule has 3 rings (SSSR count). The summed E-state index contributed by atoms with van der Waals surface area (Å²) in [7, 11) is 0. The van der Waals surface area contributed by atoms with Crippen LogP contribution in [-0.4, -0.2) is 9.55 Å². The molecule has 2 aromatic carbocycles. The number of hydrogen-bond acceptors (Lipinski definition) is 2. The Bertz CT molecular complexity index is 783. The Morgan fingerprint density at radius 2 is 1.89 bits per heavy atom. The first-order valence-corrected chi connectivity index (χ1v) is 5.83. The largest absolute Gasteiger partial charge is 0.369 e. The highest BCUT2D eigenvalue weighted by molar-refractivity contribution is 6.30. The highest BCUT2D eigenvalue weighted by Crippen LogP contribution is 2.26. The third-order valence-electron chi connectivity index (χ3n) is 2.80. The summed E-state index contributed by atoms with van der Waals surface area (Å²) < 4.78 is 28.0. The van der Waals surface area contributed by atoms with Crippen LogP contribution < -0.4 is 5.73 Å². The number of nitrogens with zero attached hydrogens (tertiary/aromatic N) is 2. The van der Waals surface area contributed by atoms with E-state index in [-0.39, 0.29) is 11.0 Å². The summed E-state index contributed by atoms with van der Waals surface area (Å²) in [6, 6.07) is 8.29. The number of nitrogen functional groups attached to an aromatic ring is 1. The normalized spacial score (nSPS) is 11.1. The zero-order valence-electron chi connectivity index (χ0n) is 9.57. The Labute approximate surface area is 112 Å². The smallest absolute Gasteiger partial charge is 0.205 e. The maximum absolute atomic E-state index is 13.3. The molecule has 3 aromatic rings. The van der Waals surface area contributed by atoms with Crippen LogP contribution in [0.25, 0.3) is 16.7 Å². The Morgan fingerprint density at radius 1 is 1.11 bits per heavy atom. The van der Waals surface area contributed by atoms with Gasteiger partial charge in [0, 0.05) is 6.07 Å². The molecule has 0 spiro atoms. The van der Waals surface area contributed by atoms with Crippen LogP contribution in [0.1, 0.15) is 0 Å². The first kappa shape index (κ1) is 11.9. The van der Waals surface area contributed by atoms with Gasteiger partial charge in [-0.2, -0.15) is 0 Å². The van der Waals surface area contributed by atoms with Gasteiger partial charge < -0.3 is 5.73 Å². The molecule has 0 aliphatic carbocycles. The standard InChI is InChI=1S/C13H8ClF2N3/c14-9-6-8(2-3-10(9)16)19-12-5-7(15)1-4-11(12)18-13(19)17/h1-6H,(H2,17,18). The molecule has 0 aliphatic rings. The zero-order valence-corrected chi connectivity index (χ0v) is 10.3. The van der Waals surface area contributed by atoms with Crippen molar-refractivity contribution in [2.75, 3.05) is 5.73 Å². The number of anilines is 1. The minimum atomic E-state index is -0.528. The van der Waals surface area contributed by atoms with Crippen molar-refractivity contribution in [2.24, 2.45) is 0 Å². The second-order valence-corrected chi connectivity index (χ2v) is 4.44. The minimum Gasteiger partial charge on any atom is -0.369 e. The Hall–Kier alpha value is -2.14. The van der Waals surface area contributed by atoms with E-state index in [1.165, 1.54) is 41.0 Å². The molecule has 0 saturated carbocycles. The Morgan fingerprint density at radius 3 is 2.63 bits per heavy atom. The van der Waals surface area contributed by atoms with E-state index in [9.17, 15) is 8.78 Å². The third-order valence-corrected chi connectivity index (χ3v) is 3.09. The van der Waals surface area contributed by atoms with E-state index in [1.807, 2.05) is 0 Å². The van der Waals surface area contributed by atoms with Crippen LogP contribution in [0.4, 0.5) is 14.7 Å². The molecule has 0 aliphatic heterocycles. The van der Waals surface area contributed by atoms with E-state index in [1.54, 1.807) is 0 Å². The molecule has 96 valence electrons. The second-order valence-electron chi connectivity index (χ2n) is 4.04. The molecule has 6 heteroatoms. The van der Waals surface area contributed by atoms with Crippen molar-refractivity contribution >= 4 is 28.6 Å². The maximum atomic E-state index is 13.3. The van der Waals surface area contributed by atoms with Gasteiger partial charge in [0.15, 0.2) is 0 Å². The fourth-order valence-corrected chi connectivity index (χ4v) is 2.14. The number of nitrogens with two attached hydrogens (primary N) is 1. The lowest BCUT2D eigenvalue weighted by molar-refractivity contribution is 0.627. The summed E-state index contributed by atoms with van der Waals surface area (Å²) in [6.45, 7) is 0. The monoisotopic (exact) mass is 279 g/mol. The zero-order chi connectivity index (χ0) is 13.6. The molecule has 0 unspecified atom stereocenters. The fraction of sp³-hybridized carbons (Fsp3) is 0. The summed E-state index contributed by atoms with van der Waals surface area (Å²) in [5.41, 5.74) is 7.40. The number of rotatable bonds is 1. The highest BCUT2D eigenvalue weighted by Gasteiger charge is 2.12. The molecule has 0 bridgehead atoms. The number of hydrogen-bond donors (Lipinski definition) is 1. The van der Waals surface area contributed by atoms with E-state index in [0.717, 1.165) is 0 Å². The lowest BCUT2D eigenvalue weighted by Gasteiger charge is -2.07. The number of imidazole rings is 1. The number of halogens is 3. The molecule has 3 nitrogen and oxygen atoms in total. The molecule has 1 aromatic heterocycles. The molecule has 0 radical (unpaired) electrons. The molecule has 0 fully saturated rings. The van der Waals surface area contributed by atoms with Crippen molar-refractivity contribution in [3.8, 4) is 5.69 Å². The summed E-state index contributed by atoms with van der Waals surface area (Å²) >= 11 is 5.74. The van der Waals surface area contributed by atoms with Gasteiger partial charge in [-0.3, -0.25) is 4.57 Å². The van der Waals surface area contributed by atoms with Gasteiger partial charge in [0.25, 0.3) is 0 Å². The van der Waals surface area contributed by atoms with Gasteiger partial charge in [0.05, 0.1) is 21.7 Å². The Balaban J connectivity index is 2.31. The fourth-order valence-electron chi connectivity index (χ4n) is 1.96. The Kier molecular flexibility index (Phi) is 2.64. The van der Waals surface area contributed by atoms with Gasteiger partial charge in [-0.05, 0) is 30.3 Å². The minimum absolute atomic E-state index is 0.0323. The molecular weight excluding hydrogens is 272 g/mol. The van der Waals surface area contributed by atoms with Crippen molar-refractivity contribution in [2.45, 2.75) is 0 Å². The van der Waals surface area contributed by atoms with Crippen LogP contribution in [0.15, 0.2) is 36.4 Å². The van der Waals surface area contributed by atoms with Crippen molar-refractivity contribution in [3.05, 3.63) is 53.1 Å². The van der Waals surface area contributed by atoms with Crippen molar-refractivity contribution in [3.63, 3.8) is 0 Å². The van der Waals surface area contributed by atoms with Crippen molar-refractivity contribution in [1.29, 1.82) is 0 Å². The van der Waals surface area contributed by atoms with Gasteiger partial charge in [0.1, 0.15) is 11.6 Å². The number of fused-ring (bicyclic) bond motifs is 1. The van der Waals surface area contributed by atoms with Crippen LogP contribution in [0, 0.1) is 11.6 Å². The summed E-state index contributed by atoms with van der Waals surface area (Å²) in [5, 5.41) is -0.0323. The second kappa shape index (κ2) is 4.20. The van der Waals surface area contributed by atoms with E-state index in [2.05, 4.69) is 4.98 Å². The van der Waals surface area contributed by atoms with Gasteiger partial charge in [-0.15, -0.1) is 0 Å². The lowest BCUT2D eigenvalue weighted by Crippen LogP contribution is -2.01. The number of benzene rings is 2. The predicted molar refractivity (Wildman–Crippen MR) is 70.4 cm³/mol. The molecular formula is C13H8ClF2N3. The molecule has 19 heavy (non-hydrogen) atoms. The lowest BCUT2D eigenvalue weighted by atomic mass is 10.2. The summed E-state index contributed by atoms with van der Waals surface area (Å²) in [5.74, 6) is -0.746. The molecule has 0 atom stereocenters. The van der Waals surface area contributed by atoms with Crippen LogP contribution in [0.3, 0.4) is 0 Å². The van der Waals surface area contributed by atoms with Crippen LogP contribution in [0.5, 0.6) is 0 Å². The van der Waals surface area contributed by atoms with Gasteiger partial charge in [-0.25, -0.2) is 13.8 Å². The number of aromatic nitrogens is 2. The van der Waals surface area contributed by atoms with Crippen LogP contribution in [-0.2, 0) is 0 Å². The van der Waals surface area contributed by atoms with Crippen molar-refractivity contribution < 1.29 is 8.78 Å². The average Bonchev–Trinajstić information content (AvgIpc) is 2.68. The van der Waals surface area contributed by atoms with Gasteiger partial charge in [0.2, 0.25) is 5.95 Å². The SMILES string of the molecule is Nc1nc2ccc(F)cc2n1-c1ccc(F)c(Cl)c1. The van der Waals surface area contributed by atoms with Gasteiger partial charge >= 0.3 is 0 Å². The quantitative estimate of drug-likeness (QED) is 0.740. The topological polar surface area (TPSA) is 43.8 Å². The first-order chi connectivity index (χ1) is 9.06. The van der Waals surface area contributed by atoms with E-state index in [0.29, 0.717) is 16.7 Å². The summed E-state index contributed by atoms with van der Waals surface area (Å²) in [4.78, 5) is 4.12. The molecule has 0 amide bonds.